The molecule has 0 aromatic carbocycles. The van der Waals surface area contributed by atoms with Gasteiger partial charge in [-0.3, -0.25) is 0 Å². The summed E-state index contributed by atoms with van der Waals surface area (Å²) in [7, 11) is -3.16. The molecule has 1 heterocycles. The highest BCUT2D eigenvalue weighted by molar-refractivity contribution is 9.10. The molecule has 0 atom stereocenters. The summed E-state index contributed by atoms with van der Waals surface area (Å²) in [6.07, 6.45) is 3.13. The maximum atomic E-state index is 13.3. The van der Waals surface area contributed by atoms with Crippen molar-refractivity contribution in [2.75, 3.05) is 24.7 Å². The molecule has 8 heteroatoms. The van der Waals surface area contributed by atoms with Crippen molar-refractivity contribution in [1.82, 2.24) is 9.71 Å². The van der Waals surface area contributed by atoms with Crippen LogP contribution in [0.4, 0.5) is 10.2 Å². The maximum Gasteiger partial charge on any atom is 0.208 e. The van der Waals surface area contributed by atoms with Gasteiger partial charge in [0, 0.05) is 23.8 Å². The van der Waals surface area contributed by atoms with E-state index in [9.17, 15) is 12.8 Å². The van der Waals surface area contributed by atoms with Gasteiger partial charge in [-0.05, 0) is 28.4 Å². The van der Waals surface area contributed by atoms with Crippen LogP contribution in [0.15, 0.2) is 16.7 Å². The molecular formula is C9H13BrFN3O2S. The van der Waals surface area contributed by atoms with E-state index in [4.69, 9.17) is 0 Å². The van der Waals surface area contributed by atoms with Crippen molar-refractivity contribution < 1.29 is 12.8 Å². The number of rotatable bonds is 6. The Kier molecular flexibility index (Phi) is 5.29. The van der Waals surface area contributed by atoms with Crippen molar-refractivity contribution in [1.29, 1.82) is 0 Å². The molecule has 1 aromatic rings. The molecule has 5 nitrogen and oxygen atoms in total. The Bertz CT molecular complexity index is 481. The standard InChI is InChI=1S/C9H13BrFN3O2S/c1-17(15,16)14-4-2-3-12-9-8(11)5-7(10)6-13-9/h5-6,14H,2-4H2,1H3,(H,12,13). The Morgan fingerprint density at radius 1 is 1.47 bits per heavy atom. The van der Waals surface area contributed by atoms with Gasteiger partial charge in [-0.1, -0.05) is 0 Å². The molecule has 0 aliphatic carbocycles. The Hall–Kier alpha value is -0.730. The molecule has 0 amide bonds. The summed E-state index contributed by atoms with van der Waals surface area (Å²) in [6, 6.07) is 1.31. The first-order valence-electron chi connectivity index (χ1n) is 4.88. The topological polar surface area (TPSA) is 71.1 Å². The smallest absolute Gasteiger partial charge is 0.208 e. The van der Waals surface area contributed by atoms with E-state index in [0.717, 1.165) is 6.26 Å². The van der Waals surface area contributed by atoms with Crippen LogP contribution in [0, 0.1) is 5.82 Å². The first-order valence-corrected chi connectivity index (χ1v) is 7.56. The summed E-state index contributed by atoms with van der Waals surface area (Å²) in [5.74, 6) is -0.289. The molecule has 0 saturated carbocycles. The highest BCUT2D eigenvalue weighted by Crippen LogP contribution is 2.15. The van der Waals surface area contributed by atoms with Gasteiger partial charge in [-0.25, -0.2) is 22.5 Å². The predicted octanol–water partition coefficient (Wildman–Crippen LogP) is 1.33. The van der Waals surface area contributed by atoms with Crippen molar-refractivity contribution in [2.45, 2.75) is 6.42 Å². The maximum absolute atomic E-state index is 13.3. The van der Waals surface area contributed by atoms with Crippen molar-refractivity contribution in [2.24, 2.45) is 0 Å². The average molecular weight is 326 g/mol. The normalized spacial score (nSPS) is 11.5. The fraction of sp³-hybridized carbons (Fsp3) is 0.444. The molecular weight excluding hydrogens is 313 g/mol. The van der Waals surface area contributed by atoms with E-state index in [1.807, 2.05) is 0 Å². The summed E-state index contributed by atoms with van der Waals surface area (Å²) in [4.78, 5) is 3.85. The molecule has 0 bridgehead atoms. The van der Waals surface area contributed by atoms with Gasteiger partial charge in [0.05, 0.1) is 6.26 Å². The van der Waals surface area contributed by atoms with E-state index in [1.54, 1.807) is 0 Å². The van der Waals surface area contributed by atoms with Gasteiger partial charge < -0.3 is 5.32 Å². The number of pyridine rings is 1. The summed E-state index contributed by atoms with van der Waals surface area (Å²) in [5, 5.41) is 2.78. The van der Waals surface area contributed by atoms with Gasteiger partial charge in [0.2, 0.25) is 10.0 Å². The number of halogens is 2. The van der Waals surface area contributed by atoms with Crippen LogP contribution in [0.1, 0.15) is 6.42 Å². The second-order valence-electron chi connectivity index (χ2n) is 3.43. The van der Waals surface area contributed by atoms with E-state index in [2.05, 4.69) is 31.0 Å². The zero-order chi connectivity index (χ0) is 12.9. The lowest BCUT2D eigenvalue weighted by atomic mass is 10.4. The van der Waals surface area contributed by atoms with Crippen molar-refractivity contribution in [3.05, 3.63) is 22.6 Å². The molecule has 0 saturated heterocycles. The third-order valence-electron chi connectivity index (χ3n) is 1.82. The highest BCUT2D eigenvalue weighted by atomic mass is 79.9. The summed E-state index contributed by atoms with van der Waals surface area (Å²) in [6.45, 7) is 0.748. The molecule has 0 aliphatic rings. The lowest BCUT2D eigenvalue weighted by molar-refractivity contribution is 0.586. The van der Waals surface area contributed by atoms with E-state index in [0.29, 0.717) is 24.0 Å². The van der Waals surface area contributed by atoms with Gasteiger partial charge in [-0.2, -0.15) is 0 Å². The molecule has 0 unspecified atom stereocenters. The molecule has 2 N–H and O–H groups in total. The van der Waals surface area contributed by atoms with E-state index >= 15 is 0 Å². The van der Waals surface area contributed by atoms with Crippen LogP contribution in [-0.2, 0) is 10.0 Å². The van der Waals surface area contributed by atoms with Gasteiger partial charge in [0.1, 0.15) is 0 Å². The van der Waals surface area contributed by atoms with E-state index < -0.39 is 15.8 Å². The number of hydrogen-bond acceptors (Lipinski definition) is 4. The number of aromatic nitrogens is 1. The van der Waals surface area contributed by atoms with Crippen LogP contribution in [0.25, 0.3) is 0 Å². The zero-order valence-electron chi connectivity index (χ0n) is 9.20. The lowest BCUT2D eigenvalue weighted by Crippen LogP contribution is -2.24. The molecule has 96 valence electrons. The van der Waals surface area contributed by atoms with Crippen molar-refractivity contribution in [3.63, 3.8) is 0 Å². The van der Waals surface area contributed by atoms with Crippen LogP contribution in [0.2, 0.25) is 0 Å². The molecule has 0 fully saturated rings. The van der Waals surface area contributed by atoms with Gasteiger partial charge in [0.15, 0.2) is 11.6 Å². The number of sulfonamides is 1. The van der Waals surface area contributed by atoms with Crippen LogP contribution in [0.3, 0.4) is 0 Å². The third kappa shape index (κ3) is 5.94. The number of hydrogen-bond donors (Lipinski definition) is 2. The highest BCUT2D eigenvalue weighted by Gasteiger charge is 2.03. The van der Waals surface area contributed by atoms with Gasteiger partial charge in [-0.15, -0.1) is 0 Å². The molecule has 0 spiro atoms. The minimum absolute atomic E-state index is 0.160. The first-order chi connectivity index (χ1) is 7.88. The molecule has 0 aliphatic heterocycles. The third-order valence-corrected chi connectivity index (χ3v) is 2.98. The van der Waals surface area contributed by atoms with Crippen molar-refractivity contribution >= 4 is 31.8 Å². The van der Waals surface area contributed by atoms with Crippen LogP contribution in [0.5, 0.6) is 0 Å². The van der Waals surface area contributed by atoms with Crippen molar-refractivity contribution in [3.8, 4) is 0 Å². The molecule has 1 aromatic heterocycles. The minimum atomic E-state index is -3.16. The Morgan fingerprint density at radius 3 is 2.76 bits per heavy atom. The van der Waals surface area contributed by atoms with Crippen LogP contribution in [-0.4, -0.2) is 32.7 Å². The number of nitrogens with one attached hydrogen (secondary N) is 2. The molecule has 17 heavy (non-hydrogen) atoms. The summed E-state index contributed by atoms with van der Waals surface area (Å²) < 4.78 is 37.7. The zero-order valence-corrected chi connectivity index (χ0v) is 11.6. The monoisotopic (exact) mass is 325 g/mol. The minimum Gasteiger partial charge on any atom is -0.368 e. The second kappa shape index (κ2) is 6.27. The SMILES string of the molecule is CS(=O)(=O)NCCCNc1ncc(Br)cc1F. The average Bonchev–Trinajstić information content (AvgIpc) is 2.18. The Labute approximate surface area is 108 Å². The second-order valence-corrected chi connectivity index (χ2v) is 6.18. The summed E-state index contributed by atoms with van der Waals surface area (Å²) >= 11 is 3.10. The Balaban J connectivity index is 2.32. The van der Waals surface area contributed by atoms with Gasteiger partial charge >= 0.3 is 0 Å². The molecule has 0 radical (unpaired) electrons. The van der Waals surface area contributed by atoms with Crippen LogP contribution >= 0.6 is 15.9 Å². The fourth-order valence-electron chi connectivity index (χ4n) is 1.10. The van der Waals surface area contributed by atoms with E-state index in [1.165, 1.54) is 12.3 Å². The van der Waals surface area contributed by atoms with E-state index in [-0.39, 0.29) is 5.82 Å². The fourth-order valence-corrected chi connectivity index (χ4v) is 1.92. The first kappa shape index (κ1) is 14.3. The lowest BCUT2D eigenvalue weighted by Gasteiger charge is -2.06. The summed E-state index contributed by atoms with van der Waals surface area (Å²) in [5.41, 5.74) is 0. The predicted molar refractivity (Wildman–Crippen MR) is 67.8 cm³/mol. The number of anilines is 1. The largest absolute Gasteiger partial charge is 0.368 e. The van der Waals surface area contributed by atoms with Gasteiger partial charge in [0.25, 0.3) is 0 Å². The Morgan fingerprint density at radius 2 is 2.18 bits per heavy atom. The quantitative estimate of drug-likeness (QED) is 0.774. The molecule has 1 rings (SSSR count). The number of nitrogens with zero attached hydrogens (tertiary/aromatic N) is 1. The van der Waals surface area contributed by atoms with Crippen LogP contribution < -0.4 is 10.0 Å².